The average Bonchev–Trinajstić information content (AvgIpc) is 2.20. The third-order valence-corrected chi connectivity index (χ3v) is 3.14. The summed E-state index contributed by atoms with van der Waals surface area (Å²) in [7, 11) is 0. The van der Waals surface area contributed by atoms with E-state index in [9.17, 15) is 4.79 Å². The maximum atomic E-state index is 11.6. The number of hydrogen-bond acceptors (Lipinski definition) is 1. The fourth-order valence-corrected chi connectivity index (χ4v) is 1.81. The van der Waals surface area contributed by atoms with Crippen LogP contribution in [0.3, 0.4) is 0 Å². The summed E-state index contributed by atoms with van der Waals surface area (Å²) < 4.78 is 0.798. The smallest absolute Gasteiger partial charge is 0.227 e. The first-order chi connectivity index (χ1) is 7.04. The molecule has 82 valence electrons. The fourth-order valence-electron chi connectivity index (χ4n) is 1.03. The number of halogens is 2. The molecule has 0 aliphatic rings. The van der Waals surface area contributed by atoms with Crippen LogP contribution in [0.1, 0.15) is 20.3 Å². The zero-order chi connectivity index (χ0) is 11.4. The topological polar surface area (TPSA) is 29.1 Å². The van der Waals surface area contributed by atoms with Crippen molar-refractivity contribution in [2.24, 2.45) is 5.92 Å². The van der Waals surface area contributed by atoms with Crippen LogP contribution in [0.5, 0.6) is 0 Å². The van der Waals surface area contributed by atoms with Crippen LogP contribution < -0.4 is 5.32 Å². The molecule has 0 saturated carbocycles. The van der Waals surface area contributed by atoms with E-state index >= 15 is 0 Å². The van der Waals surface area contributed by atoms with E-state index in [2.05, 4.69) is 21.2 Å². The van der Waals surface area contributed by atoms with Gasteiger partial charge in [-0.2, -0.15) is 0 Å². The molecule has 1 amide bonds. The van der Waals surface area contributed by atoms with E-state index < -0.39 is 0 Å². The zero-order valence-corrected chi connectivity index (χ0v) is 11.0. The van der Waals surface area contributed by atoms with Gasteiger partial charge in [0.1, 0.15) is 0 Å². The molecule has 4 heteroatoms. The second kappa shape index (κ2) is 5.52. The fraction of sp³-hybridized carbons (Fsp3) is 0.364. The maximum absolute atomic E-state index is 11.6. The summed E-state index contributed by atoms with van der Waals surface area (Å²) in [5.41, 5.74) is 0.754. The molecule has 1 aromatic carbocycles. The first-order valence-electron chi connectivity index (χ1n) is 4.80. The minimum Gasteiger partial charge on any atom is -0.325 e. The average molecular weight is 291 g/mol. The molecule has 0 aliphatic heterocycles. The Labute approximate surface area is 103 Å². The lowest BCUT2D eigenvalue weighted by atomic mass is 10.1. The van der Waals surface area contributed by atoms with Crippen molar-refractivity contribution < 1.29 is 4.79 Å². The molecular weight excluding hydrogens is 277 g/mol. The largest absolute Gasteiger partial charge is 0.325 e. The van der Waals surface area contributed by atoms with Gasteiger partial charge in [-0.1, -0.05) is 25.4 Å². The van der Waals surface area contributed by atoms with Crippen LogP contribution in [0, 0.1) is 5.92 Å². The maximum Gasteiger partial charge on any atom is 0.227 e. The van der Waals surface area contributed by atoms with E-state index in [1.165, 1.54) is 0 Å². The molecule has 0 radical (unpaired) electrons. The van der Waals surface area contributed by atoms with Gasteiger partial charge in [0.2, 0.25) is 5.91 Å². The van der Waals surface area contributed by atoms with Gasteiger partial charge < -0.3 is 5.32 Å². The minimum absolute atomic E-state index is 0.0209. The molecule has 1 unspecified atom stereocenters. The van der Waals surface area contributed by atoms with Crippen molar-refractivity contribution in [3.63, 3.8) is 0 Å². The van der Waals surface area contributed by atoms with E-state index in [0.29, 0.717) is 5.02 Å². The molecule has 0 fully saturated rings. The van der Waals surface area contributed by atoms with Gasteiger partial charge in [0.05, 0.1) is 5.69 Å². The van der Waals surface area contributed by atoms with E-state index in [1.807, 2.05) is 13.8 Å². The highest BCUT2D eigenvalue weighted by Crippen LogP contribution is 2.26. The first kappa shape index (κ1) is 12.5. The molecule has 1 aromatic rings. The number of nitrogens with one attached hydrogen (secondary N) is 1. The Bertz CT molecular complexity index is 368. The molecule has 1 atom stereocenters. The number of hydrogen-bond donors (Lipinski definition) is 1. The van der Waals surface area contributed by atoms with Crippen molar-refractivity contribution in [3.8, 4) is 0 Å². The van der Waals surface area contributed by atoms with E-state index in [1.54, 1.807) is 18.2 Å². The van der Waals surface area contributed by atoms with Crippen molar-refractivity contribution >= 4 is 39.1 Å². The van der Waals surface area contributed by atoms with E-state index in [0.717, 1.165) is 16.6 Å². The van der Waals surface area contributed by atoms with Gasteiger partial charge in [-0.15, -0.1) is 0 Å². The highest BCUT2D eigenvalue weighted by molar-refractivity contribution is 9.10. The Balaban J connectivity index is 2.77. The third-order valence-electron chi connectivity index (χ3n) is 2.25. The van der Waals surface area contributed by atoms with Gasteiger partial charge in [-0.3, -0.25) is 4.79 Å². The normalized spacial score (nSPS) is 12.3. The summed E-state index contributed by atoms with van der Waals surface area (Å²) in [6.45, 7) is 3.89. The Morgan fingerprint density at radius 1 is 1.60 bits per heavy atom. The third kappa shape index (κ3) is 3.50. The Hall–Kier alpha value is -0.540. The van der Waals surface area contributed by atoms with Gasteiger partial charge >= 0.3 is 0 Å². The van der Waals surface area contributed by atoms with Crippen LogP contribution in [0.2, 0.25) is 5.02 Å². The SMILES string of the molecule is CCC(C)C(=O)Nc1ccc(Cl)cc1Br. The molecule has 1 rings (SSSR count). The summed E-state index contributed by atoms with van der Waals surface area (Å²) in [5.74, 6) is 0.0492. The van der Waals surface area contributed by atoms with Crippen LogP contribution in [0.4, 0.5) is 5.69 Å². The zero-order valence-electron chi connectivity index (χ0n) is 8.68. The quantitative estimate of drug-likeness (QED) is 0.892. The lowest BCUT2D eigenvalue weighted by Gasteiger charge is -2.11. The van der Waals surface area contributed by atoms with Crippen molar-refractivity contribution in [1.82, 2.24) is 0 Å². The molecule has 2 nitrogen and oxygen atoms in total. The number of amides is 1. The second-order valence-corrected chi connectivity index (χ2v) is 4.71. The van der Waals surface area contributed by atoms with Crippen molar-refractivity contribution in [3.05, 3.63) is 27.7 Å². The summed E-state index contributed by atoms with van der Waals surface area (Å²) in [6.07, 6.45) is 0.830. The van der Waals surface area contributed by atoms with Gasteiger partial charge in [-0.05, 0) is 40.5 Å². The summed E-state index contributed by atoms with van der Waals surface area (Å²) in [5, 5.41) is 3.49. The lowest BCUT2D eigenvalue weighted by Crippen LogP contribution is -2.19. The molecule has 0 saturated heterocycles. The molecule has 0 spiro atoms. The Kier molecular flexibility index (Phi) is 4.61. The number of rotatable bonds is 3. The Morgan fingerprint density at radius 2 is 2.27 bits per heavy atom. The number of anilines is 1. The van der Waals surface area contributed by atoms with E-state index in [-0.39, 0.29) is 11.8 Å². The van der Waals surface area contributed by atoms with Crippen molar-refractivity contribution in [2.45, 2.75) is 20.3 Å². The number of benzene rings is 1. The molecule has 1 N–H and O–H groups in total. The van der Waals surface area contributed by atoms with Crippen LogP contribution in [-0.2, 0) is 4.79 Å². The number of carbonyl (C=O) groups excluding carboxylic acids is 1. The molecule has 0 bridgehead atoms. The predicted molar refractivity (Wildman–Crippen MR) is 67.2 cm³/mol. The van der Waals surface area contributed by atoms with Crippen LogP contribution in [0.25, 0.3) is 0 Å². The van der Waals surface area contributed by atoms with Crippen LogP contribution in [-0.4, -0.2) is 5.91 Å². The standard InChI is InChI=1S/C11H13BrClNO/c1-3-7(2)11(15)14-10-5-4-8(13)6-9(10)12/h4-7H,3H2,1-2H3,(H,14,15). The summed E-state index contributed by atoms with van der Waals surface area (Å²) >= 11 is 9.15. The minimum atomic E-state index is 0.0209. The highest BCUT2D eigenvalue weighted by Gasteiger charge is 2.11. The predicted octanol–water partition coefficient (Wildman–Crippen LogP) is 4.09. The number of carbonyl (C=O) groups is 1. The van der Waals surface area contributed by atoms with Crippen molar-refractivity contribution in [1.29, 1.82) is 0 Å². The molecule has 15 heavy (non-hydrogen) atoms. The molecule has 0 heterocycles. The van der Waals surface area contributed by atoms with Gasteiger partial charge in [-0.25, -0.2) is 0 Å². The Morgan fingerprint density at radius 3 is 2.80 bits per heavy atom. The van der Waals surface area contributed by atoms with Crippen LogP contribution >= 0.6 is 27.5 Å². The first-order valence-corrected chi connectivity index (χ1v) is 5.97. The summed E-state index contributed by atoms with van der Waals surface area (Å²) in [6, 6.07) is 5.29. The molecule has 0 aliphatic carbocycles. The highest BCUT2D eigenvalue weighted by atomic mass is 79.9. The lowest BCUT2D eigenvalue weighted by molar-refractivity contribution is -0.119. The van der Waals surface area contributed by atoms with Gasteiger partial charge in [0, 0.05) is 15.4 Å². The second-order valence-electron chi connectivity index (χ2n) is 3.42. The molecule has 0 aromatic heterocycles. The summed E-state index contributed by atoms with van der Waals surface area (Å²) in [4.78, 5) is 11.6. The molecular formula is C11H13BrClNO. The van der Waals surface area contributed by atoms with Crippen molar-refractivity contribution in [2.75, 3.05) is 5.32 Å². The monoisotopic (exact) mass is 289 g/mol. The van der Waals surface area contributed by atoms with E-state index in [4.69, 9.17) is 11.6 Å². The van der Waals surface area contributed by atoms with Gasteiger partial charge in [0.25, 0.3) is 0 Å². The van der Waals surface area contributed by atoms with Crippen LogP contribution in [0.15, 0.2) is 22.7 Å². The van der Waals surface area contributed by atoms with Gasteiger partial charge in [0.15, 0.2) is 0 Å².